The zero-order chi connectivity index (χ0) is 23.7. The van der Waals surface area contributed by atoms with E-state index in [9.17, 15) is 31.1 Å². The fourth-order valence-electron chi connectivity index (χ4n) is 3.40. The first kappa shape index (κ1) is 22.3. The fourth-order valence-corrected chi connectivity index (χ4v) is 3.40. The predicted octanol–water partition coefficient (Wildman–Crippen LogP) is 5.60. The smallest absolute Gasteiger partial charge is 0.320 e. The Morgan fingerprint density at radius 1 is 0.970 bits per heavy atom. The summed E-state index contributed by atoms with van der Waals surface area (Å²) in [5, 5.41) is -0.230. The second kappa shape index (κ2) is 8.93. The van der Waals surface area contributed by atoms with Crippen LogP contribution < -0.4 is 10.6 Å². The number of hydrogen-bond acceptors (Lipinski definition) is 4. The minimum Gasteiger partial charge on any atom is -0.320 e. The van der Waals surface area contributed by atoms with Gasteiger partial charge in [0.1, 0.15) is 17.3 Å². The van der Waals surface area contributed by atoms with E-state index in [1.54, 1.807) is 0 Å². The van der Waals surface area contributed by atoms with E-state index >= 15 is 0 Å². The van der Waals surface area contributed by atoms with Gasteiger partial charge in [0.2, 0.25) is 0 Å². The summed E-state index contributed by atoms with van der Waals surface area (Å²) < 4.78 is 81.6. The molecule has 2 aromatic carbocycles. The molecular weight excluding hydrogens is 450 g/mol. The Bertz CT molecular complexity index is 1360. The molecule has 2 heterocycles. The van der Waals surface area contributed by atoms with E-state index in [2.05, 4.69) is 15.0 Å². The minimum absolute atomic E-state index is 0.0210. The highest BCUT2D eigenvalue weighted by molar-refractivity contribution is 5.92. The Labute approximate surface area is 182 Å². The summed E-state index contributed by atoms with van der Waals surface area (Å²) in [5.41, 5.74) is -1.13. The Kier molecular flexibility index (Phi) is 6.03. The highest BCUT2D eigenvalue weighted by Crippen LogP contribution is 2.34. The van der Waals surface area contributed by atoms with Gasteiger partial charge in [-0.25, -0.2) is 31.1 Å². The van der Waals surface area contributed by atoms with Crippen LogP contribution in [0.2, 0.25) is 0 Å². The van der Waals surface area contributed by atoms with E-state index in [1.165, 1.54) is 24.3 Å². The van der Waals surface area contributed by atoms with Gasteiger partial charge in [0.05, 0.1) is 17.4 Å². The number of aromatic amines is 1. The number of H-pyrrole nitrogens is 1. The average molecular weight is 464 g/mol. The van der Waals surface area contributed by atoms with Crippen LogP contribution >= 0.6 is 0 Å². The van der Waals surface area contributed by atoms with E-state index in [-0.39, 0.29) is 27.7 Å². The quantitative estimate of drug-likeness (QED) is 0.377. The highest BCUT2D eigenvalue weighted by atomic mass is 19.3. The van der Waals surface area contributed by atoms with Gasteiger partial charge in [-0.1, -0.05) is 12.1 Å². The third-order valence-corrected chi connectivity index (χ3v) is 4.80. The number of nitrogens with one attached hydrogen (secondary N) is 1. The summed E-state index contributed by atoms with van der Waals surface area (Å²) in [4.78, 5) is 22.5. The molecule has 0 amide bonds. The minimum atomic E-state index is -2.95. The number of alkyl halides is 4. The number of halogens is 6. The van der Waals surface area contributed by atoms with Gasteiger partial charge >= 0.3 is 5.69 Å². The Hall–Kier alpha value is -3.89. The molecule has 170 valence electrons. The van der Waals surface area contributed by atoms with Gasteiger partial charge < -0.3 is 9.88 Å². The molecule has 0 fully saturated rings. The first-order chi connectivity index (χ1) is 15.7. The summed E-state index contributed by atoms with van der Waals surface area (Å²) >= 11 is 0. The molecule has 0 saturated carbocycles. The largest absolute Gasteiger partial charge is 0.347 e. The van der Waals surface area contributed by atoms with Crippen molar-refractivity contribution in [1.82, 2.24) is 15.0 Å². The van der Waals surface area contributed by atoms with Crippen LogP contribution in [0.3, 0.4) is 0 Å². The van der Waals surface area contributed by atoms with Crippen molar-refractivity contribution in [1.29, 1.82) is 0 Å². The summed E-state index contributed by atoms with van der Waals surface area (Å²) in [6, 6.07) is 9.38. The van der Waals surface area contributed by atoms with E-state index in [1.807, 2.05) is 0 Å². The molecule has 0 aliphatic heterocycles. The van der Waals surface area contributed by atoms with Crippen LogP contribution in [0.4, 0.5) is 37.8 Å². The van der Waals surface area contributed by atoms with Crippen LogP contribution in [0.1, 0.15) is 12.1 Å². The van der Waals surface area contributed by atoms with Gasteiger partial charge in [-0.15, -0.1) is 0 Å². The number of nitrogens with zero attached hydrogens (tertiary/aromatic N) is 3. The van der Waals surface area contributed by atoms with Crippen molar-refractivity contribution in [3.05, 3.63) is 82.5 Å². The summed E-state index contributed by atoms with van der Waals surface area (Å²) in [6.07, 6.45) is -4.65. The van der Waals surface area contributed by atoms with E-state index < -0.39 is 48.2 Å². The topological polar surface area (TPSA) is 61.9 Å². The van der Waals surface area contributed by atoms with Crippen molar-refractivity contribution in [2.45, 2.75) is 12.9 Å². The molecule has 0 saturated heterocycles. The number of rotatable bonds is 6. The Morgan fingerprint density at radius 2 is 1.76 bits per heavy atom. The zero-order valence-corrected chi connectivity index (χ0v) is 16.6. The number of hydrogen-bond donors (Lipinski definition) is 1. The van der Waals surface area contributed by atoms with Crippen LogP contribution in [0.25, 0.3) is 22.0 Å². The van der Waals surface area contributed by atoms with Crippen molar-refractivity contribution in [3.63, 3.8) is 0 Å². The maximum absolute atomic E-state index is 14.6. The van der Waals surface area contributed by atoms with Crippen LogP contribution in [0.5, 0.6) is 0 Å². The normalized spacial score (nSPS) is 11.5. The lowest BCUT2D eigenvalue weighted by atomic mass is 10.1. The third kappa shape index (κ3) is 4.66. The lowest BCUT2D eigenvalue weighted by molar-refractivity contribution is 0.146. The highest BCUT2D eigenvalue weighted by Gasteiger charge is 2.23. The first-order valence-corrected chi connectivity index (χ1v) is 9.52. The monoisotopic (exact) mass is 464 g/mol. The van der Waals surface area contributed by atoms with Crippen molar-refractivity contribution in [2.24, 2.45) is 0 Å². The van der Waals surface area contributed by atoms with Crippen molar-refractivity contribution >= 4 is 22.4 Å². The van der Waals surface area contributed by atoms with Crippen LogP contribution in [0, 0.1) is 11.6 Å². The molecule has 0 spiro atoms. The van der Waals surface area contributed by atoms with Crippen molar-refractivity contribution in [3.8, 4) is 11.1 Å². The lowest BCUT2D eigenvalue weighted by Crippen LogP contribution is -2.28. The summed E-state index contributed by atoms with van der Waals surface area (Å²) in [5.74, 6) is -2.09. The van der Waals surface area contributed by atoms with Gasteiger partial charge in [-0.05, 0) is 42.0 Å². The van der Waals surface area contributed by atoms with Crippen LogP contribution in [-0.4, -0.2) is 27.9 Å². The Morgan fingerprint density at radius 3 is 2.42 bits per heavy atom. The van der Waals surface area contributed by atoms with Gasteiger partial charge in [0.15, 0.2) is 5.82 Å². The molecule has 0 aliphatic rings. The zero-order valence-electron chi connectivity index (χ0n) is 16.6. The van der Waals surface area contributed by atoms with Gasteiger partial charge in [-0.2, -0.15) is 4.98 Å². The first-order valence-electron chi connectivity index (χ1n) is 9.52. The third-order valence-electron chi connectivity index (χ3n) is 4.80. The lowest BCUT2D eigenvalue weighted by Gasteiger charge is -2.25. The maximum atomic E-state index is 14.6. The maximum Gasteiger partial charge on any atom is 0.347 e. The molecule has 11 heteroatoms. The number of fused-ring (bicyclic) bond motifs is 1. The second-order valence-corrected chi connectivity index (χ2v) is 7.00. The fraction of sp³-hybridized carbons (Fsp3) is 0.136. The molecule has 2 aromatic heterocycles. The van der Waals surface area contributed by atoms with E-state index in [0.717, 1.165) is 35.4 Å². The standard InChI is InChI=1S/C22H14F6N4O/c23-13-6-12(11-4-5-17(20(27)28)29-9-11)7-14(8-13)32(10-18(25)26)21-19-15(24)2-1-3-16(19)30-22(33)31-21/h1-9,18,20H,10H2,(H,30,31,33). The molecule has 4 rings (SSSR count). The van der Waals surface area contributed by atoms with Gasteiger partial charge in [-0.3, -0.25) is 4.98 Å². The molecule has 0 atom stereocenters. The second-order valence-electron chi connectivity index (χ2n) is 7.00. The predicted molar refractivity (Wildman–Crippen MR) is 110 cm³/mol. The van der Waals surface area contributed by atoms with Crippen molar-refractivity contribution < 1.29 is 26.3 Å². The SMILES string of the molecule is O=c1nc(N(CC(F)F)c2cc(F)cc(-c3ccc(C(F)F)nc3)c2)c2c(F)cccc2[nH]1. The number of anilines is 2. The van der Waals surface area contributed by atoms with E-state index in [0.29, 0.717) is 0 Å². The molecule has 5 nitrogen and oxygen atoms in total. The molecule has 4 aromatic rings. The molecule has 0 aliphatic carbocycles. The van der Waals surface area contributed by atoms with Crippen molar-refractivity contribution in [2.75, 3.05) is 11.4 Å². The molecule has 1 N–H and O–H groups in total. The van der Waals surface area contributed by atoms with Crippen LogP contribution in [0.15, 0.2) is 59.5 Å². The number of aromatic nitrogens is 3. The average Bonchev–Trinajstić information content (AvgIpc) is 2.76. The Balaban J connectivity index is 1.89. The molecule has 0 radical (unpaired) electrons. The molecule has 33 heavy (non-hydrogen) atoms. The van der Waals surface area contributed by atoms with E-state index in [4.69, 9.17) is 0 Å². The molecular formula is C22H14F6N4O. The number of pyridine rings is 1. The number of benzene rings is 2. The molecule has 0 unspecified atom stereocenters. The summed E-state index contributed by atoms with van der Waals surface area (Å²) in [6.45, 7) is -1.02. The summed E-state index contributed by atoms with van der Waals surface area (Å²) in [7, 11) is 0. The van der Waals surface area contributed by atoms with Gasteiger partial charge in [0.25, 0.3) is 12.9 Å². The van der Waals surface area contributed by atoms with Crippen LogP contribution in [-0.2, 0) is 0 Å². The molecule has 0 bridgehead atoms. The van der Waals surface area contributed by atoms with Gasteiger partial charge in [0, 0.05) is 17.4 Å².